The Morgan fingerprint density at radius 1 is 1.40 bits per heavy atom. The quantitative estimate of drug-likeness (QED) is 0.776. The summed E-state index contributed by atoms with van der Waals surface area (Å²) in [4.78, 5) is 25.4. The van der Waals surface area contributed by atoms with Crippen LogP contribution in [0.2, 0.25) is 0 Å². The third kappa shape index (κ3) is 2.29. The van der Waals surface area contributed by atoms with Gasteiger partial charge in [0.05, 0.1) is 6.04 Å². The van der Waals surface area contributed by atoms with Crippen LogP contribution in [0.25, 0.3) is 0 Å². The third-order valence-electron chi connectivity index (χ3n) is 3.82. The summed E-state index contributed by atoms with van der Waals surface area (Å²) in [5.41, 5.74) is 1.06. The van der Waals surface area contributed by atoms with Crippen molar-refractivity contribution in [3.63, 3.8) is 0 Å². The van der Waals surface area contributed by atoms with E-state index in [9.17, 15) is 9.59 Å². The summed E-state index contributed by atoms with van der Waals surface area (Å²) in [7, 11) is 0. The van der Waals surface area contributed by atoms with Crippen molar-refractivity contribution >= 4 is 11.9 Å². The second kappa shape index (κ2) is 5.25. The van der Waals surface area contributed by atoms with Gasteiger partial charge in [-0.2, -0.15) is 0 Å². The number of ether oxygens (including phenoxy) is 2. The summed E-state index contributed by atoms with van der Waals surface area (Å²) < 4.78 is 10.7. The number of carbonyl (C=O) groups is 2. The van der Waals surface area contributed by atoms with Crippen molar-refractivity contribution in [3.05, 3.63) is 35.9 Å². The molecule has 0 radical (unpaired) electrons. The van der Waals surface area contributed by atoms with Crippen LogP contribution in [0.1, 0.15) is 18.9 Å². The highest BCUT2D eigenvalue weighted by atomic mass is 16.6. The molecule has 0 aliphatic carbocycles. The molecule has 20 heavy (non-hydrogen) atoms. The van der Waals surface area contributed by atoms with Crippen molar-refractivity contribution in [2.24, 2.45) is 0 Å². The zero-order valence-electron chi connectivity index (χ0n) is 11.3. The van der Waals surface area contributed by atoms with Crippen LogP contribution in [-0.4, -0.2) is 41.6 Å². The van der Waals surface area contributed by atoms with Crippen LogP contribution in [0.3, 0.4) is 0 Å². The van der Waals surface area contributed by atoms with E-state index < -0.39 is 12.1 Å². The number of carbonyl (C=O) groups excluding carboxylic acids is 2. The highest BCUT2D eigenvalue weighted by Gasteiger charge is 2.53. The fourth-order valence-corrected chi connectivity index (χ4v) is 2.96. The van der Waals surface area contributed by atoms with Crippen LogP contribution < -0.4 is 0 Å². The Morgan fingerprint density at radius 3 is 2.85 bits per heavy atom. The maximum absolute atomic E-state index is 12.4. The normalized spacial score (nSPS) is 28.6. The van der Waals surface area contributed by atoms with E-state index in [1.807, 2.05) is 30.3 Å². The van der Waals surface area contributed by atoms with E-state index in [0.717, 1.165) is 12.0 Å². The average molecular weight is 275 g/mol. The van der Waals surface area contributed by atoms with E-state index in [2.05, 4.69) is 0 Å². The van der Waals surface area contributed by atoms with Gasteiger partial charge in [-0.3, -0.25) is 9.59 Å². The van der Waals surface area contributed by atoms with Gasteiger partial charge in [-0.15, -0.1) is 0 Å². The zero-order chi connectivity index (χ0) is 14.1. The lowest BCUT2D eigenvalue weighted by Gasteiger charge is -2.22. The maximum Gasteiger partial charge on any atom is 0.303 e. The van der Waals surface area contributed by atoms with E-state index in [1.165, 1.54) is 6.92 Å². The average Bonchev–Trinajstić information content (AvgIpc) is 2.98. The Balaban J connectivity index is 1.80. The molecule has 5 heteroatoms. The van der Waals surface area contributed by atoms with Crippen LogP contribution in [0.15, 0.2) is 30.3 Å². The minimum atomic E-state index is -0.788. The lowest BCUT2D eigenvalue weighted by Crippen LogP contribution is -2.35. The molecular formula is C15H17NO4. The highest BCUT2D eigenvalue weighted by molar-refractivity contribution is 5.87. The minimum Gasteiger partial charge on any atom is -0.450 e. The molecule has 1 aromatic rings. The van der Waals surface area contributed by atoms with E-state index in [-0.39, 0.29) is 18.1 Å². The molecule has 106 valence electrons. The van der Waals surface area contributed by atoms with E-state index >= 15 is 0 Å². The van der Waals surface area contributed by atoms with Gasteiger partial charge in [-0.1, -0.05) is 30.3 Å². The molecule has 2 aliphatic heterocycles. The van der Waals surface area contributed by atoms with Gasteiger partial charge in [-0.25, -0.2) is 0 Å². The van der Waals surface area contributed by atoms with Gasteiger partial charge in [0.25, 0.3) is 5.91 Å². The number of fused-ring (bicyclic) bond motifs is 1. The minimum absolute atomic E-state index is 0.00653. The van der Waals surface area contributed by atoms with Gasteiger partial charge in [0.2, 0.25) is 6.10 Å². The molecule has 2 heterocycles. The van der Waals surface area contributed by atoms with Gasteiger partial charge in [0, 0.05) is 20.1 Å². The van der Waals surface area contributed by atoms with Crippen LogP contribution in [-0.2, 0) is 25.6 Å². The SMILES string of the molecule is CC(=O)O[C@H]1C(=O)N(Cc2ccccc2)[C@H]2CCO[C@@H]12. The van der Waals surface area contributed by atoms with E-state index in [4.69, 9.17) is 9.47 Å². The van der Waals surface area contributed by atoms with E-state index in [0.29, 0.717) is 13.2 Å². The van der Waals surface area contributed by atoms with Crippen LogP contribution in [0.4, 0.5) is 0 Å². The molecule has 0 saturated carbocycles. The zero-order valence-corrected chi connectivity index (χ0v) is 11.3. The lowest BCUT2D eigenvalue weighted by atomic mass is 10.1. The summed E-state index contributed by atoms with van der Waals surface area (Å²) in [6.07, 6.45) is -0.320. The number of hydrogen-bond donors (Lipinski definition) is 0. The Bertz CT molecular complexity index is 516. The molecule has 0 spiro atoms. The van der Waals surface area contributed by atoms with Gasteiger partial charge in [-0.05, 0) is 12.0 Å². The summed E-state index contributed by atoms with van der Waals surface area (Å²) in [5.74, 6) is -0.599. The summed E-state index contributed by atoms with van der Waals surface area (Å²) in [6, 6.07) is 9.81. The van der Waals surface area contributed by atoms with Crippen LogP contribution in [0, 0.1) is 0 Å². The van der Waals surface area contributed by atoms with Gasteiger partial charge < -0.3 is 14.4 Å². The number of nitrogens with zero attached hydrogens (tertiary/aromatic N) is 1. The van der Waals surface area contributed by atoms with Crippen molar-refractivity contribution in [1.29, 1.82) is 0 Å². The fraction of sp³-hybridized carbons (Fsp3) is 0.467. The van der Waals surface area contributed by atoms with Crippen LogP contribution in [0.5, 0.6) is 0 Å². The van der Waals surface area contributed by atoms with Crippen molar-refractivity contribution in [3.8, 4) is 0 Å². The van der Waals surface area contributed by atoms with Crippen LogP contribution >= 0.6 is 0 Å². The molecule has 0 aromatic heterocycles. The van der Waals surface area contributed by atoms with Gasteiger partial charge >= 0.3 is 5.97 Å². The Kier molecular flexibility index (Phi) is 3.44. The summed E-state index contributed by atoms with van der Waals surface area (Å²) in [5, 5.41) is 0. The van der Waals surface area contributed by atoms with E-state index in [1.54, 1.807) is 4.90 Å². The Hall–Kier alpha value is -1.88. The first-order valence-corrected chi connectivity index (χ1v) is 6.80. The lowest BCUT2D eigenvalue weighted by molar-refractivity contribution is -0.159. The number of rotatable bonds is 3. The maximum atomic E-state index is 12.4. The molecule has 0 unspecified atom stereocenters. The fourth-order valence-electron chi connectivity index (χ4n) is 2.96. The number of likely N-dealkylation sites (tertiary alicyclic amines) is 1. The monoisotopic (exact) mass is 275 g/mol. The first-order valence-electron chi connectivity index (χ1n) is 6.80. The Labute approximate surface area is 117 Å². The van der Waals surface area contributed by atoms with Crippen molar-refractivity contribution in [1.82, 2.24) is 4.90 Å². The second-order valence-corrected chi connectivity index (χ2v) is 5.17. The first-order chi connectivity index (χ1) is 9.66. The predicted molar refractivity (Wildman–Crippen MR) is 70.7 cm³/mol. The molecule has 1 amide bonds. The predicted octanol–water partition coefficient (Wildman–Crippen LogP) is 1.12. The number of benzene rings is 1. The highest BCUT2D eigenvalue weighted by Crippen LogP contribution is 2.33. The summed E-state index contributed by atoms with van der Waals surface area (Å²) in [6.45, 7) is 2.45. The molecule has 5 nitrogen and oxygen atoms in total. The first kappa shape index (κ1) is 13.1. The topological polar surface area (TPSA) is 55.8 Å². The largest absolute Gasteiger partial charge is 0.450 e. The summed E-state index contributed by atoms with van der Waals surface area (Å²) >= 11 is 0. The molecule has 0 bridgehead atoms. The molecule has 2 saturated heterocycles. The number of amides is 1. The number of esters is 1. The Morgan fingerprint density at radius 2 is 2.15 bits per heavy atom. The molecule has 2 aliphatic rings. The molecular weight excluding hydrogens is 258 g/mol. The molecule has 3 atom stereocenters. The standard InChI is InChI=1S/C15H17NO4/c1-10(17)20-14-13-12(7-8-19-13)16(15(14)18)9-11-5-3-2-4-6-11/h2-6,12-14H,7-9H2,1H3/t12-,13+,14+/m0/s1. The number of hydrogen-bond acceptors (Lipinski definition) is 4. The molecule has 2 fully saturated rings. The molecule has 0 N–H and O–H groups in total. The second-order valence-electron chi connectivity index (χ2n) is 5.17. The van der Waals surface area contributed by atoms with Gasteiger partial charge in [0.1, 0.15) is 6.10 Å². The van der Waals surface area contributed by atoms with Crippen molar-refractivity contribution in [2.45, 2.75) is 38.1 Å². The van der Waals surface area contributed by atoms with Crippen molar-refractivity contribution in [2.75, 3.05) is 6.61 Å². The van der Waals surface area contributed by atoms with Crippen molar-refractivity contribution < 1.29 is 19.1 Å². The third-order valence-corrected chi connectivity index (χ3v) is 3.82. The molecule has 3 rings (SSSR count). The molecule has 1 aromatic carbocycles. The van der Waals surface area contributed by atoms with Gasteiger partial charge in [0.15, 0.2) is 0 Å². The smallest absolute Gasteiger partial charge is 0.303 e.